The van der Waals surface area contributed by atoms with E-state index in [0.29, 0.717) is 23.5 Å². The van der Waals surface area contributed by atoms with Gasteiger partial charge in [-0.25, -0.2) is 0 Å². The van der Waals surface area contributed by atoms with Crippen molar-refractivity contribution in [1.29, 1.82) is 0 Å². The van der Waals surface area contributed by atoms with Gasteiger partial charge in [0.15, 0.2) is 0 Å². The third-order valence-electron chi connectivity index (χ3n) is 5.15. The first kappa shape index (κ1) is 12.1. The predicted octanol–water partition coefficient (Wildman–Crippen LogP) is 2.79. The van der Waals surface area contributed by atoms with Gasteiger partial charge in [0.25, 0.3) is 0 Å². The molecule has 2 heteroatoms. The number of carbonyl (C=O) groups is 1. The van der Waals surface area contributed by atoms with E-state index < -0.39 is 0 Å². The zero-order valence-electron chi connectivity index (χ0n) is 10.8. The molecule has 0 saturated heterocycles. The molecule has 2 saturated carbocycles. The Balaban J connectivity index is 2.27. The van der Waals surface area contributed by atoms with Gasteiger partial charge in [-0.05, 0) is 42.4 Å². The van der Waals surface area contributed by atoms with Crippen molar-refractivity contribution >= 4 is 5.78 Å². The van der Waals surface area contributed by atoms with Crippen molar-refractivity contribution in [2.24, 2.45) is 22.7 Å². The highest BCUT2D eigenvalue weighted by Gasteiger charge is 2.51. The summed E-state index contributed by atoms with van der Waals surface area (Å²) in [4.78, 5) is 11.8. The normalized spacial score (nSPS) is 42.9. The summed E-state index contributed by atoms with van der Waals surface area (Å²) < 4.78 is 0. The molecule has 0 radical (unpaired) electrons. The van der Waals surface area contributed by atoms with Gasteiger partial charge in [-0.3, -0.25) is 4.79 Å². The van der Waals surface area contributed by atoms with E-state index >= 15 is 0 Å². The molecule has 0 heterocycles. The number of rotatable bonds is 1. The maximum atomic E-state index is 11.8. The number of fused-ring (bicyclic) bond motifs is 1. The number of Topliss-reactive ketones (excluding diaryl/α,β-unsaturated/α-hetero) is 1. The minimum atomic E-state index is 0.0584. The molecule has 0 spiro atoms. The highest BCUT2D eigenvalue weighted by atomic mass is 16.3. The SMILES string of the molecule is C[C@@H]1C(=O)CC[C@@]2(CO)CCC(C)(C)C[C@@H]12. The van der Waals surface area contributed by atoms with Crippen LogP contribution in [-0.4, -0.2) is 17.5 Å². The van der Waals surface area contributed by atoms with E-state index in [2.05, 4.69) is 20.8 Å². The maximum absolute atomic E-state index is 11.8. The van der Waals surface area contributed by atoms with Crippen molar-refractivity contribution in [3.05, 3.63) is 0 Å². The van der Waals surface area contributed by atoms with E-state index in [1.54, 1.807) is 0 Å². The Labute approximate surface area is 98.4 Å². The molecule has 3 atom stereocenters. The second kappa shape index (κ2) is 3.83. The molecule has 2 fully saturated rings. The fraction of sp³-hybridized carbons (Fsp3) is 0.929. The van der Waals surface area contributed by atoms with Gasteiger partial charge < -0.3 is 5.11 Å². The molecule has 0 amide bonds. The average Bonchev–Trinajstić information content (AvgIpc) is 2.24. The second-order valence-corrected chi connectivity index (χ2v) is 6.75. The van der Waals surface area contributed by atoms with Crippen LogP contribution in [0.15, 0.2) is 0 Å². The summed E-state index contributed by atoms with van der Waals surface area (Å²) >= 11 is 0. The molecule has 92 valence electrons. The van der Waals surface area contributed by atoms with Gasteiger partial charge in [-0.15, -0.1) is 0 Å². The van der Waals surface area contributed by atoms with E-state index in [4.69, 9.17) is 0 Å². The zero-order chi connectivity index (χ0) is 12.0. The Kier molecular flexibility index (Phi) is 2.90. The Morgan fingerprint density at radius 1 is 1.31 bits per heavy atom. The second-order valence-electron chi connectivity index (χ2n) is 6.75. The van der Waals surface area contributed by atoms with Crippen LogP contribution >= 0.6 is 0 Å². The van der Waals surface area contributed by atoms with Gasteiger partial charge in [0.1, 0.15) is 5.78 Å². The predicted molar refractivity (Wildman–Crippen MR) is 64.0 cm³/mol. The van der Waals surface area contributed by atoms with Crippen molar-refractivity contribution in [3.63, 3.8) is 0 Å². The molecule has 0 aromatic carbocycles. The van der Waals surface area contributed by atoms with E-state index in [-0.39, 0.29) is 17.9 Å². The van der Waals surface area contributed by atoms with Crippen LogP contribution in [-0.2, 0) is 4.79 Å². The van der Waals surface area contributed by atoms with E-state index in [0.717, 1.165) is 19.3 Å². The number of ketones is 1. The van der Waals surface area contributed by atoms with Gasteiger partial charge in [0.2, 0.25) is 0 Å². The zero-order valence-corrected chi connectivity index (χ0v) is 10.8. The lowest BCUT2D eigenvalue weighted by Crippen LogP contribution is -2.50. The first-order valence-corrected chi connectivity index (χ1v) is 6.54. The van der Waals surface area contributed by atoms with Gasteiger partial charge in [0, 0.05) is 18.9 Å². The summed E-state index contributed by atoms with van der Waals surface area (Å²) in [7, 11) is 0. The molecule has 2 nitrogen and oxygen atoms in total. The van der Waals surface area contributed by atoms with Gasteiger partial charge in [0.05, 0.1) is 0 Å². The number of carbonyl (C=O) groups excluding carboxylic acids is 1. The van der Waals surface area contributed by atoms with Crippen molar-refractivity contribution in [2.75, 3.05) is 6.61 Å². The lowest BCUT2D eigenvalue weighted by Gasteiger charge is -2.53. The molecule has 2 aliphatic carbocycles. The standard InChI is InChI=1S/C14H24O2/c1-10-11-8-13(2,3)6-7-14(11,9-15)5-4-12(10)16/h10-11,15H,4-9H2,1-3H3/t10-,11-,14-/m0/s1. The van der Waals surface area contributed by atoms with Crippen LogP contribution in [0.2, 0.25) is 0 Å². The first-order valence-electron chi connectivity index (χ1n) is 6.54. The monoisotopic (exact) mass is 224 g/mol. The van der Waals surface area contributed by atoms with Crippen molar-refractivity contribution < 1.29 is 9.90 Å². The molecule has 0 bridgehead atoms. The summed E-state index contributed by atoms with van der Waals surface area (Å²) in [5, 5.41) is 9.74. The summed E-state index contributed by atoms with van der Waals surface area (Å²) in [5.41, 5.74) is 0.401. The van der Waals surface area contributed by atoms with Crippen molar-refractivity contribution in [1.82, 2.24) is 0 Å². The van der Waals surface area contributed by atoms with E-state index in [1.165, 1.54) is 6.42 Å². The molecule has 0 aliphatic heterocycles. The average molecular weight is 224 g/mol. The third-order valence-corrected chi connectivity index (χ3v) is 5.15. The number of hydrogen-bond donors (Lipinski definition) is 1. The number of hydrogen-bond acceptors (Lipinski definition) is 2. The van der Waals surface area contributed by atoms with Crippen LogP contribution in [0.1, 0.15) is 52.9 Å². The minimum absolute atomic E-state index is 0.0584. The molecule has 1 N–H and O–H groups in total. The fourth-order valence-corrected chi connectivity index (χ4v) is 3.80. The molecule has 0 unspecified atom stereocenters. The first-order chi connectivity index (χ1) is 7.40. The van der Waals surface area contributed by atoms with Crippen LogP contribution in [0.25, 0.3) is 0 Å². The Hall–Kier alpha value is -0.370. The Morgan fingerprint density at radius 2 is 2.00 bits per heavy atom. The van der Waals surface area contributed by atoms with E-state index in [1.807, 2.05) is 0 Å². The lowest BCUT2D eigenvalue weighted by molar-refractivity contribution is -0.139. The van der Waals surface area contributed by atoms with Gasteiger partial charge >= 0.3 is 0 Å². The van der Waals surface area contributed by atoms with Crippen LogP contribution in [0.3, 0.4) is 0 Å². The fourth-order valence-electron chi connectivity index (χ4n) is 3.80. The van der Waals surface area contributed by atoms with Crippen LogP contribution in [0.5, 0.6) is 0 Å². The molecule has 16 heavy (non-hydrogen) atoms. The van der Waals surface area contributed by atoms with Crippen molar-refractivity contribution in [3.8, 4) is 0 Å². The van der Waals surface area contributed by atoms with E-state index in [9.17, 15) is 9.90 Å². The summed E-state index contributed by atoms with van der Waals surface area (Å²) in [5.74, 6) is 0.967. The molecular formula is C14H24O2. The molecular weight excluding hydrogens is 200 g/mol. The van der Waals surface area contributed by atoms with Crippen molar-refractivity contribution in [2.45, 2.75) is 52.9 Å². The number of aliphatic hydroxyl groups excluding tert-OH is 1. The molecule has 2 rings (SSSR count). The maximum Gasteiger partial charge on any atom is 0.136 e. The van der Waals surface area contributed by atoms with Crippen LogP contribution in [0, 0.1) is 22.7 Å². The van der Waals surface area contributed by atoms with Gasteiger partial charge in [-0.2, -0.15) is 0 Å². The Morgan fingerprint density at radius 3 is 2.62 bits per heavy atom. The highest BCUT2D eigenvalue weighted by molar-refractivity contribution is 5.82. The van der Waals surface area contributed by atoms with Crippen LogP contribution < -0.4 is 0 Å². The molecule has 0 aromatic heterocycles. The summed E-state index contributed by atoms with van der Waals surface area (Å²) in [6, 6.07) is 0. The summed E-state index contributed by atoms with van der Waals surface area (Å²) in [6.07, 6.45) is 4.97. The van der Waals surface area contributed by atoms with Gasteiger partial charge in [-0.1, -0.05) is 20.8 Å². The van der Waals surface area contributed by atoms with Crippen LogP contribution in [0.4, 0.5) is 0 Å². The third kappa shape index (κ3) is 1.81. The highest BCUT2D eigenvalue weighted by Crippen LogP contribution is 2.56. The largest absolute Gasteiger partial charge is 0.396 e. The quantitative estimate of drug-likeness (QED) is 0.743. The smallest absolute Gasteiger partial charge is 0.136 e. The molecule has 0 aromatic rings. The molecule has 2 aliphatic rings. The minimum Gasteiger partial charge on any atom is -0.396 e. The number of aliphatic hydroxyl groups is 1. The Bertz CT molecular complexity index is 295. The lowest BCUT2D eigenvalue weighted by atomic mass is 9.51. The summed E-state index contributed by atoms with van der Waals surface area (Å²) in [6.45, 7) is 6.92. The topological polar surface area (TPSA) is 37.3 Å².